The molecular formula is C14H32N2O3Si. The van der Waals surface area contributed by atoms with Crippen molar-refractivity contribution in [1.29, 1.82) is 0 Å². The van der Waals surface area contributed by atoms with Crippen LogP contribution in [-0.4, -0.2) is 54.8 Å². The highest BCUT2D eigenvalue weighted by Crippen LogP contribution is 2.17. The summed E-state index contributed by atoms with van der Waals surface area (Å²) in [5.74, 6) is 0. The van der Waals surface area contributed by atoms with E-state index in [0.717, 1.165) is 38.6 Å². The summed E-state index contributed by atoms with van der Waals surface area (Å²) >= 11 is 0. The van der Waals surface area contributed by atoms with Crippen LogP contribution in [0.4, 0.5) is 0 Å². The Kier molecular flexibility index (Phi) is 13.6. The van der Waals surface area contributed by atoms with Gasteiger partial charge in [-0.25, -0.2) is 0 Å². The van der Waals surface area contributed by atoms with Crippen LogP contribution >= 0.6 is 0 Å². The third-order valence-corrected chi connectivity index (χ3v) is 5.85. The molecule has 0 spiro atoms. The van der Waals surface area contributed by atoms with Gasteiger partial charge in [0.25, 0.3) is 0 Å². The summed E-state index contributed by atoms with van der Waals surface area (Å²) in [4.78, 5) is 0. The lowest BCUT2D eigenvalue weighted by Gasteiger charge is -2.28. The Balaban J connectivity index is 3.85. The second-order valence-corrected chi connectivity index (χ2v) is 7.06. The largest absolute Gasteiger partial charge is 0.500 e. The molecule has 5 nitrogen and oxygen atoms in total. The van der Waals surface area contributed by atoms with E-state index in [1.807, 2.05) is 26.8 Å². The predicted octanol–water partition coefficient (Wildman–Crippen LogP) is 1.79. The minimum absolute atomic E-state index is 0.644. The molecule has 0 aromatic rings. The van der Waals surface area contributed by atoms with Gasteiger partial charge in [-0.2, -0.15) is 0 Å². The van der Waals surface area contributed by atoms with E-state index in [-0.39, 0.29) is 0 Å². The van der Waals surface area contributed by atoms with Gasteiger partial charge in [-0.1, -0.05) is 6.08 Å². The summed E-state index contributed by atoms with van der Waals surface area (Å²) in [7, 11) is -2.45. The molecule has 2 N–H and O–H groups in total. The minimum atomic E-state index is -2.45. The highest BCUT2D eigenvalue weighted by atomic mass is 28.4. The lowest BCUT2D eigenvalue weighted by atomic mass is 10.4. The van der Waals surface area contributed by atoms with Gasteiger partial charge in [0.15, 0.2) is 0 Å². The average Bonchev–Trinajstić information content (AvgIpc) is 2.43. The second-order valence-electron chi connectivity index (χ2n) is 4.33. The van der Waals surface area contributed by atoms with Gasteiger partial charge in [0.2, 0.25) is 0 Å². The van der Waals surface area contributed by atoms with Crippen LogP contribution in [0.1, 0.15) is 27.2 Å². The highest BCUT2D eigenvalue weighted by Gasteiger charge is 2.39. The smallest absolute Gasteiger partial charge is 0.374 e. The molecule has 0 aliphatic heterocycles. The van der Waals surface area contributed by atoms with Crippen molar-refractivity contribution in [3.8, 4) is 0 Å². The first-order valence-corrected chi connectivity index (χ1v) is 9.62. The van der Waals surface area contributed by atoms with Crippen molar-refractivity contribution in [2.75, 3.05) is 46.0 Å². The average molecular weight is 305 g/mol. The molecule has 0 fully saturated rings. The first-order valence-electron chi connectivity index (χ1n) is 7.68. The van der Waals surface area contributed by atoms with E-state index in [1.165, 1.54) is 0 Å². The van der Waals surface area contributed by atoms with E-state index in [9.17, 15) is 0 Å². The van der Waals surface area contributed by atoms with Gasteiger partial charge in [0, 0.05) is 45.5 Å². The standard InChI is InChI=1S/C14H32N2O3Si/c1-5-10-15-12-13-16-11-9-14-20(17-6-2,18-7-3)19-8-4/h5,15-16H,1,6-14H2,2-4H3. The van der Waals surface area contributed by atoms with Crippen LogP contribution < -0.4 is 10.6 Å². The van der Waals surface area contributed by atoms with Crippen molar-refractivity contribution in [3.63, 3.8) is 0 Å². The molecule has 0 radical (unpaired) electrons. The van der Waals surface area contributed by atoms with Crippen LogP contribution in [0.5, 0.6) is 0 Å². The van der Waals surface area contributed by atoms with Crippen LogP contribution in [0.25, 0.3) is 0 Å². The van der Waals surface area contributed by atoms with E-state index in [0.29, 0.717) is 19.8 Å². The van der Waals surface area contributed by atoms with Gasteiger partial charge >= 0.3 is 8.80 Å². The number of hydrogen-bond donors (Lipinski definition) is 2. The van der Waals surface area contributed by atoms with Crippen molar-refractivity contribution < 1.29 is 13.3 Å². The third-order valence-electron chi connectivity index (χ3n) is 2.70. The Morgan fingerprint density at radius 3 is 1.95 bits per heavy atom. The Morgan fingerprint density at radius 2 is 1.45 bits per heavy atom. The molecule has 0 aliphatic rings. The number of nitrogens with one attached hydrogen (secondary N) is 2. The molecule has 6 heteroatoms. The molecule has 0 rings (SSSR count). The Hall–Kier alpha value is -0.243. The SMILES string of the molecule is C=CCNCCNCCC[Si](OCC)(OCC)OCC. The van der Waals surface area contributed by atoms with Gasteiger partial charge in [-0.3, -0.25) is 0 Å². The summed E-state index contributed by atoms with van der Waals surface area (Å²) in [5.41, 5.74) is 0. The summed E-state index contributed by atoms with van der Waals surface area (Å²) in [6, 6.07) is 0.871. The molecule has 0 saturated carbocycles. The third kappa shape index (κ3) is 9.63. The van der Waals surface area contributed by atoms with Gasteiger partial charge in [-0.05, 0) is 33.7 Å². The summed E-state index contributed by atoms with van der Waals surface area (Å²) < 4.78 is 17.4. The maximum atomic E-state index is 5.81. The Morgan fingerprint density at radius 1 is 0.900 bits per heavy atom. The van der Waals surface area contributed by atoms with Crippen LogP contribution in [0.15, 0.2) is 12.7 Å². The fourth-order valence-corrected chi connectivity index (χ4v) is 4.55. The molecule has 0 heterocycles. The molecule has 0 saturated heterocycles. The second kappa shape index (κ2) is 13.7. The normalized spacial score (nSPS) is 11.8. The molecule has 0 amide bonds. The Labute approximate surface area is 125 Å². The van der Waals surface area contributed by atoms with Crippen LogP contribution in [0.3, 0.4) is 0 Å². The molecule has 0 atom stereocenters. The van der Waals surface area contributed by atoms with Crippen molar-refractivity contribution >= 4 is 8.80 Å². The van der Waals surface area contributed by atoms with E-state index < -0.39 is 8.80 Å². The predicted molar refractivity (Wildman–Crippen MR) is 86.0 cm³/mol. The van der Waals surface area contributed by atoms with Gasteiger partial charge in [0.1, 0.15) is 0 Å². The molecule has 0 aliphatic carbocycles. The van der Waals surface area contributed by atoms with E-state index in [4.69, 9.17) is 13.3 Å². The summed E-state index contributed by atoms with van der Waals surface area (Å²) in [6.45, 7) is 15.3. The van der Waals surface area contributed by atoms with Crippen LogP contribution in [0, 0.1) is 0 Å². The van der Waals surface area contributed by atoms with Gasteiger partial charge in [0.05, 0.1) is 0 Å². The highest BCUT2D eigenvalue weighted by molar-refractivity contribution is 6.60. The maximum Gasteiger partial charge on any atom is 0.500 e. The van der Waals surface area contributed by atoms with E-state index in [1.54, 1.807) is 0 Å². The maximum absolute atomic E-state index is 5.81. The minimum Gasteiger partial charge on any atom is -0.374 e. The van der Waals surface area contributed by atoms with Crippen LogP contribution in [-0.2, 0) is 13.3 Å². The van der Waals surface area contributed by atoms with E-state index >= 15 is 0 Å². The summed E-state index contributed by atoms with van der Waals surface area (Å²) in [6.07, 6.45) is 2.87. The monoisotopic (exact) mass is 304 g/mol. The fourth-order valence-electron chi connectivity index (χ4n) is 1.94. The zero-order valence-corrected chi connectivity index (χ0v) is 14.4. The first-order chi connectivity index (χ1) is 9.74. The zero-order chi connectivity index (χ0) is 15.1. The van der Waals surface area contributed by atoms with Crippen molar-refractivity contribution in [1.82, 2.24) is 10.6 Å². The molecule has 0 unspecified atom stereocenters. The van der Waals surface area contributed by atoms with Crippen molar-refractivity contribution in [2.24, 2.45) is 0 Å². The molecule has 0 aromatic carbocycles. The van der Waals surface area contributed by atoms with Crippen molar-refractivity contribution in [3.05, 3.63) is 12.7 Å². The zero-order valence-electron chi connectivity index (χ0n) is 13.4. The number of rotatable bonds is 15. The fraction of sp³-hybridized carbons (Fsp3) is 0.857. The summed E-state index contributed by atoms with van der Waals surface area (Å²) in [5, 5.41) is 6.66. The van der Waals surface area contributed by atoms with Gasteiger partial charge < -0.3 is 23.9 Å². The molecule has 0 bridgehead atoms. The first kappa shape index (κ1) is 19.8. The number of hydrogen-bond acceptors (Lipinski definition) is 5. The van der Waals surface area contributed by atoms with Gasteiger partial charge in [-0.15, -0.1) is 6.58 Å². The molecule has 0 aromatic heterocycles. The molecular weight excluding hydrogens is 272 g/mol. The lowest BCUT2D eigenvalue weighted by Crippen LogP contribution is -2.46. The molecule has 120 valence electrons. The topological polar surface area (TPSA) is 51.8 Å². The molecule has 20 heavy (non-hydrogen) atoms. The van der Waals surface area contributed by atoms with Crippen LogP contribution in [0.2, 0.25) is 6.04 Å². The lowest BCUT2D eigenvalue weighted by molar-refractivity contribution is 0.0708. The Bertz CT molecular complexity index is 213. The quantitative estimate of drug-likeness (QED) is 0.274. The van der Waals surface area contributed by atoms with E-state index in [2.05, 4.69) is 17.2 Å². The van der Waals surface area contributed by atoms with Crippen molar-refractivity contribution in [2.45, 2.75) is 33.2 Å².